The monoisotopic (exact) mass is 157 g/mol. The highest BCUT2D eigenvalue weighted by molar-refractivity contribution is 5.85. The van der Waals surface area contributed by atoms with E-state index in [1.807, 2.05) is 13.8 Å². The van der Waals surface area contributed by atoms with Crippen molar-refractivity contribution in [2.24, 2.45) is 0 Å². The van der Waals surface area contributed by atoms with Crippen LogP contribution < -0.4 is 5.32 Å². The Morgan fingerprint density at radius 2 is 2.27 bits per heavy atom. The molecule has 0 aliphatic carbocycles. The van der Waals surface area contributed by atoms with E-state index < -0.39 is 5.97 Å². The smallest absolute Gasteiger partial charge is 0.332 e. The summed E-state index contributed by atoms with van der Waals surface area (Å²) in [5, 5.41) is 11.4. The molecule has 0 aromatic rings. The second kappa shape index (κ2) is 4.77. The molecule has 3 nitrogen and oxygen atoms in total. The number of carbonyl (C=O) groups is 1. The Morgan fingerprint density at radius 3 is 2.64 bits per heavy atom. The normalized spacial score (nSPS) is 14.3. The minimum Gasteiger partial charge on any atom is -0.478 e. The van der Waals surface area contributed by atoms with Crippen LogP contribution in [0.1, 0.15) is 27.2 Å². The molecule has 0 aliphatic heterocycles. The molecule has 0 aromatic heterocycles. The molecule has 64 valence electrons. The van der Waals surface area contributed by atoms with Crippen LogP contribution in [0.2, 0.25) is 0 Å². The van der Waals surface area contributed by atoms with Crippen molar-refractivity contribution in [1.82, 2.24) is 5.32 Å². The van der Waals surface area contributed by atoms with E-state index in [4.69, 9.17) is 5.11 Å². The van der Waals surface area contributed by atoms with Gasteiger partial charge in [0.2, 0.25) is 0 Å². The predicted molar refractivity (Wildman–Crippen MR) is 44.3 cm³/mol. The summed E-state index contributed by atoms with van der Waals surface area (Å²) in [6, 6.07) is 0.337. The van der Waals surface area contributed by atoms with Crippen molar-refractivity contribution in [3.63, 3.8) is 0 Å². The van der Waals surface area contributed by atoms with Gasteiger partial charge in [-0.05, 0) is 20.3 Å². The maximum absolute atomic E-state index is 10.3. The molecule has 3 heteroatoms. The second-order valence-corrected chi connectivity index (χ2v) is 2.61. The molecule has 0 bridgehead atoms. The van der Waals surface area contributed by atoms with Gasteiger partial charge in [-0.25, -0.2) is 4.79 Å². The van der Waals surface area contributed by atoms with Gasteiger partial charge in [0.25, 0.3) is 0 Å². The molecule has 0 fully saturated rings. The van der Waals surface area contributed by atoms with Gasteiger partial charge in [0, 0.05) is 17.8 Å². The van der Waals surface area contributed by atoms with E-state index in [0.717, 1.165) is 6.42 Å². The van der Waals surface area contributed by atoms with E-state index in [1.54, 1.807) is 6.92 Å². The second-order valence-electron chi connectivity index (χ2n) is 2.61. The van der Waals surface area contributed by atoms with Gasteiger partial charge in [-0.3, -0.25) is 0 Å². The molecule has 0 aliphatic rings. The zero-order valence-electron chi connectivity index (χ0n) is 7.22. The summed E-state index contributed by atoms with van der Waals surface area (Å²) in [6.07, 6.45) is 2.53. The zero-order chi connectivity index (χ0) is 8.85. The quantitative estimate of drug-likeness (QED) is 0.606. The van der Waals surface area contributed by atoms with E-state index in [1.165, 1.54) is 6.20 Å². The lowest BCUT2D eigenvalue weighted by Crippen LogP contribution is -2.20. The van der Waals surface area contributed by atoms with Crippen LogP contribution in [0.5, 0.6) is 0 Å². The molecule has 11 heavy (non-hydrogen) atoms. The van der Waals surface area contributed by atoms with Crippen LogP contribution >= 0.6 is 0 Å². The zero-order valence-corrected chi connectivity index (χ0v) is 7.22. The van der Waals surface area contributed by atoms with E-state index in [2.05, 4.69) is 5.32 Å². The molecule has 0 spiro atoms. The minimum atomic E-state index is -0.874. The fourth-order valence-corrected chi connectivity index (χ4v) is 0.447. The lowest BCUT2D eigenvalue weighted by atomic mass is 10.2. The summed E-state index contributed by atoms with van der Waals surface area (Å²) in [6.45, 7) is 5.62. The molecule has 0 radical (unpaired) electrons. The average Bonchev–Trinajstić information content (AvgIpc) is 1.99. The molecule has 1 unspecified atom stereocenters. The van der Waals surface area contributed by atoms with Crippen molar-refractivity contribution in [3.05, 3.63) is 11.8 Å². The molecule has 1 atom stereocenters. The van der Waals surface area contributed by atoms with Gasteiger partial charge in [0.05, 0.1) is 0 Å². The largest absolute Gasteiger partial charge is 0.478 e. The van der Waals surface area contributed by atoms with E-state index in [-0.39, 0.29) is 0 Å². The van der Waals surface area contributed by atoms with Gasteiger partial charge in [-0.2, -0.15) is 0 Å². The van der Waals surface area contributed by atoms with Gasteiger partial charge in [0.1, 0.15) is 0 Å². The molecular formula is C8H15NO2. The van der Waals surface area contributed by atoms with Crippen LogP contribution in [-0.2, 0) is 4.79 Å². The van der Waals surface area contributed by atoms with Crippen LogP contribution in [0.15, 0.2) is 11.8 Å². The Bertz CT molecular complexity index is 163. The fraction of sp³-hybridized carbons (Fsp3) is 0.625. The standard InChI is InChI=1S/C8H15NO2/c1-4-7(3)9-5-6(2)8(10)11/h5,7,9H,4H2,1-3H3,(H,10,11). The number of hydrogen-bond donors (Lipinski definition) is 2. The number of carboxylic acid groups (broad SMARTS) is 1. The first kappa shape index (κ1) is 10.0. The first-order valence-corrected chi connectivity index (χ1v) is 3.74. The topological polar surface area (TPSA) is 49.3 Å². The van der Waals surface area contributed by atoms with Gasteiger partial charge in [-0.15, -0.1) is 0 Å². The van der Waals surface area contributed by atoms with Crippen molar-refractivity contribution in [2.75, 3.05) is 0 Å². The minimum absolute atomic E-state index is 0.337. The SMILES string of the molecule is CCC(C)NC=C(C)C(=O)O. The summed E-state index contributed by atoms with van der Waals surface area (Å²) in [5.74, 6) is -0.874. The van der Waals surface area contributed by atoms with Crippen LogP contribution in [0, 0.1) is 0 Å². The maximum atomic E-state index is 10.3. The van der Waals surface area contributed by atoms with E-state index in [9.17, 15) is 4.79 Å². The van der Waals surface area contributed by atoms with Crippen molar-refractivity contribution in [1.29, 1.82) is 0 Å². The number of rotatable bonds is 4. The van der Waals surface area contributed by atoms with Crippen LogP contribution in [0.3, 0.4) is 0 Å². The molecule has 0 amide bonds. The Balaban J connectivity index is 3.82. The summed E-state index contributed by atoms with van der Waals surface area (Å²) in [5.41, 5.74) is 0.338. The van der Waals surface area contributed by atoms with Crippen molar-refractivity contribution in [2.45, 2.75) is 33.2 Å². The molecule has 0 aromatic carbocycles. The highest BCUT2D eigenvalue weighted by Crippen LogP contribution is 1.92. The lowest BCUT2D eigenvalue weighted by Gasteiger charge is -2.07. The highest BCUT2D eigenvalue weighted by atomic mass is 16.4. The summed E-state index contributed by atoms with van der Waals surface area (Å²) < 4.78 is 0. The van der Waals surface area contributed by atoms with Crippen molar-refractivity contribution < 1.29 is 9.90 Å². The fourth-order valence-electron chi connectivity index (χ4n) is 0.447. The van der Waals surface area contributed by atoms with E-state index in [0.29, 0.717) is 11.6 Å². The summed E-state index contributed by atoms with van der Waals surface area (Å²) in [7, 11) is 0. The van der Waals surface area contributed by atoms with E-state index >= 15 is 0 Å². The Morgan fingerprint density at radius 1 is 1.73 bits per heavy atom. The number of carboxylic acids is 1. The third-order valence-electron chi connectivity index (χ3n) is 1.53. The number of aliphatic carboxylic acids is 1. The van der Waals surface area contributed by atoms with Crippen LogP contribution in [0.25, 0.3) is 0 Å². The first-order valence-electron chi connectivity index (χ1n) is 3.74. The summed E-state index contributed by atoms with van der Waals surface area (Å²) in [4.78, 5) is 10.3. The maximum Gasteiger partial charge on any atom is 0.332 e. The lowest BCUT2D eigenvalue weighted by molar-refractivity contribution is -0.132. The third kappa shape index (κ3) is 4.42. The van der Waals surface area contributed by atoms with Gasteiger partial charge in [0.15, 0.2) is 0 Å². The first-order chi connectivity index (χ1) is 5.07. The predicted octanol–water partition coefficient (Wildman–Crippen LogP) is 1.36. The molecule has 2 N–H and O–H groups in total. The van der Waals surface area contributed by atoms with Crippen LogP contribution in [-0.4, -0.2) is 17.1 Å². The average molecular weight is 157 g/mol. The van der Waals surface area contributed by atoms with Gasteiger partial charge in [-0.1, -0.05) is 6.92 Å². The highest BCUT2D eigenvalue weighted by Gasteiger charge is 1.99. The molecule has 0 heterocycles. The summed E-state index contributed by atoms with van der Waals surface area (Å²) >= 11 is 0. The number of nitrogens with one attached hydrogen (secondary N) is 1. The van der Waals surface area contributed by atoms with Gasteiger partial charge >= 0.3 is 5.97 Å². The Labute approximate surface area is 67.1 Å². The Hall–Kier alpha value is -0.990. The number of hydrogen-bond acceptors (Lipinski definition) is 2. The van der Waals surface area contributed by atoms with Gasteiger partial charge < -0.3 is 10.4 Å². The van der Waals surface area contributed by atoms with Crippen LogP contribution in [0.4, 0.5) is 0 Å². The molecule has 0 rings (SSSR count). The molecular weight excluding hydrogens is 142 g/mol. The molecule has 0 saturated carbocycles. The Kier molecular flexibility index (Phi) is 4.34. The van der Waals surface area contributed by atoms with Crippen molar-refractivity contribution >= 4 is 5.97 Å². The third-order valence-corrected chi connectivity index (χ3v) is 1.53. The molecule has 0 saturated heterocycles. The van der Waals surface area contributed by atoms with Crippen molar-refractivity contribution in [3.8, 4) is 0 Å².